The van der Waals surface area contributed by atoms with Crippen LogP contribution in [0.4, 0.5) is 5.69 Å². The highest BCUT2D eigenvalue weighted by Gasteiger charge is 2.12. The van der Waals surface area contributed by atoms with Crippen LogP contribution in [0.15, 0.2) is 18.2 Å². The summed E-state index contributed by atoms with van der Waals surface area (Å²) in [5, 5.41) is 2.88. The van der Waals surface area contributed by atoms with Crippen LogP contribution in [0, 0.1) is 5.92 Å². The van der Waals surface area contributed by atoms with E-state index in [-0.39, 0.29) is 5.91 Å². The van der Waals surface area contributed by atoms with Gasteiger partial charge in [-0.15, -0.1) is 0 Å². The van der Waals surface area contributed by atoms with Crippen LogP contribution in [0.5, 0.6) is 5.75 Å². The van der Waals surface area contributed by atoms with E-state index >= 15 is 0 Å². The molecule has 0 saturated carbocycles. The van der Waals surface area contributed by atoms with E-state index in [0.29, 0.717) is 29.5 Å². The number of benzene rings is 1. The number of nitrogen functional groups attached to an aromatic ring is 1. The number of ether oxygens (including phenoxy) is 1. The van der Waals surface area contributed by atoms with Crippen LogP contribution in [0.3, 0.4) is 0 Å². The molecule has 0 fully saturated rings. The molecule has 1 unspecified atom stereocenters. The van der Waals surface area contributed by atoms with Gasteiger partial charge in [0.05, 0.1) is 12.7 Å². The number of nitrogens with one attached hydrogen (secondary N) is 1. The fraction of sp³-hybridized carbons (Fsp3) is 0.462. The lowest BCUT2D eigenvalue weighted by Gasteiger charge is -2.12. The van der Waals surface area contributed by atoms with Gasteiger partial charge in [0, 0.05) is 12.2 Å². The summed E-state index contributed by atoms with van der Waals surface area (Å²) in [4.78, 5) is 12.0. The highest BCUT2D eigenvalue weighted by atomic mass is 16.5. The Morgan fingerprint density at radius 2 is 2.24 bits per heavy atom. The topological polar surface area (TPSA) is 64.4 Å². The molecule has 1 atom stereocenters. The number of carbonyl (C=O) groups excluding carboxylic acids is 1. The first kappa shape index (κ1) is 13.4. The number of anilines is 1. The number of methoxy groups -OCH3 is 1. The van der Waals surface area contributed by atoms with Gasteiger partial charge < -0.3 is 15.8 Å². The maximum atomic E-state index is 12.0. The van der Waals surface area contributed by atoms with E-state index in [4.69, 9.17) is 10.5 Å². The van der Waals surface area contributed by atoms with Crippen molar-refractivity contribution in [1.29, 1.82) is 0 Å². The van der Waals surface area contributed by atoms with Crippen LogP contribution in [0.2, 0.25) is 0 Å². The molecule has 1 amide bonds. The molecule has 0 spiro atoms. The van der Waals surface area contributed by atoms with E-state index in [0.717, 1.165) is 6.42 Å². The monoisotopic (exact) mass is 236 g/mol. The molecule has 0 heterocycles. The summed E-state index contributed by atoms with van der Waals surface area (Å²) in [6.45, 7) is 4.85. The molecule has 0 aliphatic heterocycles. The van der Waals surface area contributed by atoms with Gasteiger partial charge in [0.1, 0.15) is 5.75 Å². The van der Waals surface area contributed by atoms with Gasteiger partial charge in [-0.2, -0.15) is 0 Å². The predicted molar refractivity (Wildman–Crippen MR) is 69.2 cm³/mol. The van der Waals surface area contributed by atoms with Crippen LogP contribution >= 0.6 is 0 Å². The molecule has 94 valence electrons. The van der Waals surface area contributed by atoms with Crippen molar-refractivity contribution in [3.05, 3.63) is 23.8 Å². The van der Waals surface area contributed by atoms with Gasteiger partial charge in [-0.3, -0.25) is 4.79 Å². The van der Waals surface area contributed by atoms with Crippen molar-refractivity contribution in [3.63, 3.8) is 0 Å². The van der Waals surface area contributed by atoms with Crippen LogP contribution in [-0.4, -0.2) is 19.6 Å². The number of amides is 1. The second kappa shape index (κ2) is 6.13. The Hall–Kier alpha value is -1.71. The zero-order chi connectivity index (χ0) is 12.8. The number of hydrogen-bond acceptors (Lipinski definition) is 3. The van der Waals surface area contributed by atoms with E-state index in [2.05, 4.69) is 19.2 Å². The SMILES string of the molecule is CCC(C)CNC(=O)c1cc(N)ccc1OC. The molecule has 4 nitrogen and oxygen atoms in total. The van der Waals surface area contributed by atoms with E-state index in [1.165, 1.54) is 7.11 Å². The van der Waals surface area contributed by atoms with Crippen molar-refractivity contribution in [2.75, 3.05) is 19.4 Å². The quantitative estimate of drug-likeness (QED) is 0.769. The van der Waals surface area contributed by atoms with Crippen molar-refractivity contribution < 1.29 is 9.53 Å². The van der Waals surface area contributed by atoms with Crippen molar-refractivity contribution in [1.82, 2.24) is 5.32 Å². The van der Waals surface area contributed by atoms with E-state index in [9.17, 15) is 4.79 Å². The number of nitrogens with two attached hydrogens (primary N) is 1. The molecule has 0 bridgehead atoms. The van der Waals surface area contributed by atoms with Crippen molar-refractivity contribution in [2.45, 2.75) is 20.3 Å². The summed E-state index contributed by atoms with van der Waals surface area (Å²) in [5.74, 6) is 0.862. The molecule has 0 radical (unpaired) electrons. The molecule has 0 aliphatic rings. The molecule has 0 aromatic heterocycles. The molecule has 1 rings (SSSR count). The van der Waals surface area contributed by atoms with Crippen molar-refractivity contribution >= 4 is 11.6 Å². The third-order valence-corrected chi connectivity index (χ3v) is 2.78. The average Bonchev–Trinajstić information content (AvgIpc) is 2.35. The average molecular weight is 236 g/mol. The van der Waals surface area contributed by atoms with Gasteiger partial charge in [-0.25, -0.2) is 0 Å². The number of carbonyl (C=O) groups is 1. The van der Waals surface area contributed by atoms with Crippen molar-refractivity contribution in [2.24, 2.45) is 5.92 Å². The molecule has 1 aromatic rings. The molecule has 4 heteroatoms. The Bertz CT molecular complexity index is 391. The van der Waals surface area contributed by atoms with Gasteiger partial charge in [-0.1, -0.05) is 20.3 Å². The molecule has 1 aromatic carbocycles. The minimum atomic E-state index is -0.144. The lowest BCUT2D eigenvalue weighted by atomic mass is 10.1. The second-order valence-corrected chi connectivity index (χ2v) is 4.18. The maximum absolute atomic E-state index is 12.0. The van der Waals surface area contributed by atoms with Crippen LogP contribution in [0.1, 0.15) is 30.6 Å². The van der Waals surface area contributed by atoms with E-state index in [1.807, 2.05) is 0 Å². The Kier molecular flexibility index (Phi) is 4.82. The van der Waals surface area contributed by atoms with Crippen molar-refractivity contribution in [3.8, 4) is 5.75 Å². The Morgan fingerprint density at radius 3 is 2.82 bits per heavy atom. The van der Waals surface area contributed by atoms with Crippen LogP contribution in [0.25, 0.3) is 0 Å². The smallest absolute Gasteiger partial charge is 0.255 e. The van der Waals surface area contributed by atoms with Gasteiger partial charge >= 0.3 is 0 Å². The van der Waals surface area contributed by atoms with Gasteiger partial charge in [-0.05, 0) is 24.1 Å². The summed E-state index contributed by atoms with van der Waals surface area (Å²) in [5.41, 5.74) is 6.70. The van der Waals surface area contributed by atoms with Gasteiger partial charge in [0.2, 0.25) is 0 Å². The summed E-state index contributed by atoms with van der Waals surface area (Å²) in [7, 11) is 1.54. The fourth-order valence-corrected chi connectivity index (χ4v) is 1.41. The van der Waals surface area contributed by atoms with Gasteiger partial charge in [0.15, 0.2) is 0 Å². The van der Waals surface area contributed by atoms with E-state index in [1.54, 1.807) is 18.2 Å². The minimum Gasteiger partial charge on any atom is -0.496 e. The number of hydrogen-bond donors (Lipinski definition) is 2. The summed E-state index contributed by atoms with van der Waals surface area (Å²) < 4.78 is 5.14. The normalized spacial score (nSPS) is 11.9. The Balaban J connectivity index is 2.77. The highest BCUT2D eigenvalue weighted by Crippen LogP contribution is 2.20. The molecular formula is C13H20N2O2. The largest absolute Gasteiger partial charge is 0.496 e. The molecule has 17 heavy (non-hydrogen) atoms. The molecule has 0 aliphatic carbocycles. The van der Waals surface area contributed by atoms with E-state index < -0.39 is 0 Å². The predicted octanol–water partition coefficient (Wildman–Crippen LogP) is 2.05. The maximum Gasteiger partial charge on any atom is 0.255 e. The number of rotatable bonds is 5. The summed E-state index contributed by atoms with van der Waals surface area (Å²) in [6, 6.07) is 5.04. The zero-order valence-corrected chi connectivity index (χ0v) is 10.6. The Morgan fingerprint density at radius 1 is 1.53 bits per heavy atom. The van der Waals surface area contributed by atoms with Gasteiger partial charge in [0.25, 0.3) is 5.91 Å². The lowest BCUT2D eigenvalue weighted by Crippen LogP contribution is -2.28. The highest BCUT2D eigenvalue weighted by molar-refractivity contribution is 5.97. The summed E-state index contributed by atoms with van der Waals surface area (Å²) in [6.07, 6.45) is 1.04. The zero-order valence-electron chi connectivity index (χ0n) is 10.6. The third kappa shape index (κ3) is 3.66. The molecular weight excluding hydrogens is 216 g/mol. The van der Waals surface area contributed by atoms with Crippen LogP contribution in [-0.2, 0) is 0 Å². The first-order valence-electron chi connectivity index (χ1n) is 5.80. The Labute approximate surface area is 102 Å². The first-order chi connectivity index (χ1) is 8.08. The fourth-order valence-electron chi connectivity index (χ4n) is 1.41. The molecule has 0 saturated heterocycles. The van der Waals surface area contributed by atoms with Crippen LogP contribution < -0.4 is 15.8 Å². The molecule has 3 N–H and O–H groups in total. The second-order valence-electron chi connectivity index (χ2n) is 4.18. The third-order valence-electron chi connectivity index (χ3n) is 2.78. The lowest BCUT2D eigenvalue weighted by molar-refractivity contribution is 0.0945. The first-order valence-corrected chi connectivity index (χ1v) is 5.80. The standard InChI is InChI=1S/C13H20N2O2/c1-4-9(2)8-15-13(16)11-7-10(14)5-6-12(11)17-3/h5-7,9H,4,8,14H2,1-3H3,(H,15,16). The minimum absolute atomic E-state index is 0.144. The summed E-state index contributed by atoms with van der Waals surface area (Å²) >= 11 is 0.